The molecule has 3 amide bonds. The van der Waals surface area contributed by atoms with E-state index >= 15 is 0 Å². The largest absolute Gasteiger partial charge is 0.459 e. The molecule has 0 fully saturated rings. The second-order valence-electron chi connectivity index (χ2n) is 6.75. The van der Waals surface area contributed by atoms with Crippen molar-refractivity contribution in [1.82, 2.24) is 5.32 Å². The average Bonchev–Trinajstić information content (AvgIpc) is 3.32. The van der Waals surface area contributed by atoms with Crippen LogP contribution in [0.25, 0.3) is 0 Å². The molecule has 0 unspecified atom stereocenters. The molecule has 3 aromatic rings. The first-order chi connectivity index (χ1) is 15.0. The number of hydrogen-bond donors (Lipinski definition) is 4. The maximum atomic E-state index is 12.3. The maximum absolute atomic E-state index is 12.3. The van der Waals surface area contributed by atoms with Crippen LogP contribution in [-0.2, 0) is 4.79 Å². The first kappa shape index (κ1) is 21.6. The van der Waals surface area contributed by atoms with Crippen molar-refractivity contribution in [3.8, 4) is 0 Å². The third-order valence-electron chi connectivity index (χ3n) is 4.28. The molecule has 0 saturated heterocycles. The van der Waals surface area contributed by atoms with Gasteiger partial charge in [-0.1, -0.05) is 13.0 Å². The van der Waals surface area contributed by atoms with Crippen LogP contribution < -0.4 is 21.3 Å². The van der Waals surface area contributed by atoms with Gasteiger partial charge in [0, 0.05) is 29.2 Å². The van der Waals surface area contributed by atoms with Gasteiger partial charge in [-0.2, -0.15) is 0 Å². The van der Waals surface area contributed by atoms with E-state index in [0.29, 0.717) is 23.5 Å². The van der Waals surface area contributed by atoms with E-state index in [0.717, 1.165) is 12.1 Å². The van der Waals surface area contributed by atoms with E-state index in [1.165, 1.54) is 6.26 Å². The summed E-state index contributed by atoms with van der Waals surface area (Å²) in [6.07, 6.45) is 2.30. The van der Waals surface area contributed by atoms with Crippen LogP contribution in [0.4, 0.5) is 17.1 Å². The maximum Gasteiger partial charge on any atom is 0.291 e. The molecule has 3 rings (SSSR count). The first-order valence-electron chi connectivity index (χ1n) is 9.92. The monoisotopic (exact) mass is 420 g/mol. The summed E-state index contributed by atoms with van der Waals surface area (Å²) in [5, 5.41) is 11.3. The number of anilines is 3. The van der Waals surface area contributed by atoms with Crippen LogP contribution in [0.15, 0.2) is 71.3 Å². The highest BCUT2D eigenvalue weighted by Crippen LogP contribution is 2.16. The lowest BCUT2D eigenvalue weighted by atomic mass is 10.2. The van der Waals surface area contributed by atoms with Crippen LogP contribution in [0.5, 0.6) is 0 Å². The number of furan rings is 1. The van der Waals surface area contributed by atoms with E-state index in [-0.39, 0.29) is 30.0 Å². The minimum absolute atomic E-state index is 0.0460. The Morgan fingerprint density at radius 1 is 0.839 bits per heavy atom. The Bertz CT molecular complexity index is 1030. The van der Waals surface area contributed by atoms with Crippen molar-refractivity contribution in [2.24, 2.45) is 0 Å². The van der Waals surface area contributed by atoms with Crippen molar-refractivity contribution in [2.45, 2.75) is 13.3 Å². The van der Waals surface area contributed by atoms with E-state index in [2.05, 4.69) is 21.3 Å². The van der Waals surface area contributed by atoms with Gasteiger partial charge in [0.05, 0.1) is 12.8 Å². The average molecular weight is 420 g/mol. The van der Waals surface area contributed by atoms with Gasteiger partial charge in [0.1, 0.15) is 0 Å². The van der Waals surface area contributed by atoms with E-state index in [1.54, 1.807) is 60.7 Å². The van der Waals surface area contributed by atoms with Gasteiger partial charge < -0.3 is 25.7 Å². The Hall–Kier alpha value is -4.07. The summed E-state index contributed by atoms with van der Waals surface area (Å²) in [7, 11) is 0. The number of hydrogen-bond acceptors (Lipinski definition) is 5. The van der Waals surface area contributed by atoms with Crippen LogP contribution in [0.1, 0.15) is 34.3 Å². The van der Waals surface area contributed by atoms with Gasteiger partial charge in [0.15, 0.2) is 5.76 Å². The van der Waals surface area contributed by atoms with Crippen LogP contribution in [-0.4, -0.2) is 30.8 Å². The van der Waals surface area contributed by atoms with Crippen molar-refractivity contribution in [2.75, 3.05) is 29.0 Å². The second-order valence-corrected chi connectivity index (χ2v) is 6.75. The molecule has 1 aromatic heterocycles. The molecule has 0 aliphatic heterocycles. The Balaban J connectivity index is 1.49. The fraction of sp³-hybridized carbons (Fsp3) is 0.174. The predicted molar refractivity (Wildman–Crippen MR) is 119 cm³/mol. The Morgan fingerprint density at radius 3 is 2.26 bits per heavy atom. The molecule has 2 aromatic carbocycles. The van der Waals surface area contributed by atoms with E-state index in [1.807, 2.05) is 6.92 Å². The minimum Gasteiger partial charge on any atom is -0.459 e. The number of rotatable bonds is 9. The fourth-order valence-electron chi connectivity index (χ4n) is 2.74. The molecule has 0 atom stereocenters. The molecule has 0 saturated carbocycles. The van der Waals surface area contributed by atoms with E-state index in [9.17, 15) is 14.4 Å². The molecule has 8 nitrogen and oxygen atoms in total. The summed E-state index contributed by atoms with van der Waals surface area (Å²) in [6, 6.07) is 16.9. The molecule has 4 N–H and O–H groups in total. The number of carbonyl (C=O) groups excluding carboxylic acids is 3. The zero-order valence-electron chi connectivity index (χ0n) is 17.1. The molecule has 0 spiro atoms. The van der Waals surface area contributed by atoms with Gasteiger partial charge in [0.2, 0.25) is 5.91 Å². The Labute approximate surface area is 180 Å². The zero-order valence-corrected chi connectivity index (χ0v) is 17.1. The lowest BCUT2D eigenvalue weighted by Crippen LogP contribution is -2.24. The van der Waals surface area contributed by atoms with E-state index in [4.69, 9.17) is 4.42 Å². The molecule has 31 heavy (non-hydrogen) atoms. The molecule has 0 aliphatic carbocycles. The summed E-state index contributed by atoms with van der Waals surface area (Å²) in [6.45, 7) is 2.67. The van der Waals surface area contributed by atoms with E-state index < -0.39 is 0 Å². The number of carbonyl (C=O) groups is 3. The zero-order chi connectivity index (χ0) is 22.1. The third kappa shape index (κ3) is 6.46. The van der Waals surface area contributed by atoms with Crippen molar-refractivity contribution in [3.05, 3.63) is 78.3 Å². The minimum atomic E-state index is -0.373. The summed E-state index contributed by atoms with van der Waals surface area (Å²) in [5.41, 5.74) is 2.37. The van der Waals surface area contributed by atoms with Crippen LogP contribution in [0, 0.1) is 0 Å². The molecular weight excluding hydrogens is 396 g/mol. The highest BCUT2D eigenvalue weighted by atomic mass is 16.3. The fourth-order valence-corrected chi connectivity index (χ4v) is 2.74. The predicted octanol–water partition coefficient (Wildman–Crippen LogP) is 3.72. The van der Waals surface area contributed by atoms with Gasteiger partial charge in [-0.15, -0.1) is 0 Å². The molecular formula is C23H24N4O4. The van der Waals surface area contributed by atoms with Gasteiger partial charge in [0.25, 0.3) is 11.8 Å². The Morgan fingerprint density at radius 2 is 1.58 bits per heavy atom. The number of amides is 3. The third-order valence-corrected chi connectivity index (χ3v) is 4.28. The highest BCUT2D eigenvalue weighted by molar-refractivity contribution is 6.03. The van der Waals surface area contributed by atoms with Crippen molar-refractivity contribution in [1.29, 1.82) is 0 Å². The smallest absolute Gasteiger partial charge is 0.291 e. The van der Waals surface area contributed by atoms with Crippen LogP contribution >= 0.6 is 0 Å². The van der Waals surface area contributed by atoms with Crippen molar-refractivity contribution < 1.29 is 18.8 Å². The molecule has 0 aliphatic rings. The topological polar surface area (TPSA) is 112 Å². The summed E-state index contributed by atoms with van der Waals surface area (Å²) in [4.78, 5) is 36.2. The normalized spacial score (nSPS) is 10.2. The lowest BCUT2D eigenvalue weighted by molar-refractivity contribution is -0.114. The van der Waals surface area contributed by atoms with Crippen molar-refractivity contribution >= 4 is 34.8 Å². The number of benzene rings is 2. The SMILES string of the molecule is CCCNC(=O)c1ccc(NCC(=O)Nc2cccc(NC(=O)c3ccco3)c2)cc1. The van der Waals surface area contributed by atoms with Crippen molar-refractivity contribution in [3.63, 3.8) is 0 Å². The molecule has 8 heteroatoms. The number of nitrogens with one attached hydrogen (secondary N) is 4. The second kappa shape index (κ2) is 10.6. The summed E-state index contributed by atoms with van der Waals surface area (Å²) < 4.78 is 5.06. The summed E-state index contributed by atoms with van der Waals surface area (Å²) >= 11 is 0. The highest BCUT2D eigenvalue weighted by Gasteiger charge is 2.10. The van der Waals surface area contributed by atoms with Gasteiger partial charge in [-0.3, -0.25) is 14.4 Å². The van der Waals surface area contributed by atoms with Crippen LogP contribution in [0.2, 0.25) is 0 Å². The molecule has 1 heterocycles. The van der Waals surface area contributed by atoms with Gasteiger partial charge in [-0.05, 0) is 61.0 Å². The summed E-state index contributed by atoms with van der Waals surface area (Å²) in [5.74, 6) is -0.543. The Kier molecular flexibility index (Phi) is 7.42. The molecule has 160 valence electrons. The van der Waals surface area contributed by atoms with Crippen LogP contribution in [0.3, 0.4) is 0 Å². The molecule has 0 bridgehead atoms. The lowest BCUT2D eigenvalue weighted by Gasteiger charge is -2.10. The van der Waals surface area contributed by atoms with Gasteiger partial charge in [-0.25, -0.2) is 0 Å². The van der Waals surface area contributed by atoms with Gasteiger partial charge >= 0.3 is 0 Å². The first-order valence-corrected chi connectivity index (χ1v) is 9.92. The molecule has 0 radical (unpaired) electrons. The standard InChI is InChI=1S/C23H24N4O4/c1-2-12-24-22(29)16-8-10-17(11-9-16)25-15-21(28)26-18-5-3-6-19(14-18)27-23(30)20-7-4-13-31-20/h3-11,13-14,25H,2,12,15H2,1H3,(H,24,29)(H,26,28)(H,27,30). The quantitative estimate of drug-likeness (QED) is 0.421.